The Balaban J connectivity index is 1.39. The Labute approximate surface area is 190 Å². The number of benzene rings is 3. The Kier molecular flexibility index (Phi) is 6.26. The average Bonchev–Trinajstić information content (AvgIpc) is 3.25. The van der Waals surface area contributed by atoms with Crippen LogP contribution in [0.4, 0.5) is 5.69 Å². The molecule has 3 aromatic carbocycles. The molecule has 0 bridgehead atoms. The first-order valence-electron chi connectivity index (χ1n) is 9.73. The van der Waals surface area contributed by atoms with E-state index in [2.05, 4.69) is 15.5 Å². The van der Waals surface area contributed by atoms with Crippen molar-refractivity contribution in [2.24, 2.45) is 0 Å². The van der Waals surface area contributed by atoms with Crippen molar-refractivity contribution in [1.82, 2.24) is 15.5 Å². The molecule has 0 unspecified atom stereocenters. The molecule has 0 aliphatic heterocycles. The van der Waals surface area contributed by atoms with Crippen LogP contribution in [-0.4, -0.2) is 22.6 Å². The number of nitrogens with one attached hydrogen (secondary N) is 2. The lowest BCUT2D eigenvalue weighted by Gasteiger charge is -2.06. The number of hydrogen-bond acceptors (Lipinski definition) is 3. The van der Waals surface area contributed by atoms with E-state index >= 15 is 0 Å². The third-order valence-corrected chi connectivity index (χ3v) is 5.47. The summed E-state index contributed by atoms with van der Waals surface area (Å²) in [6, 6.07) is 22.2. The van der Waals surface area contributed by atoms with E-state index in [0.717, 1.165) is 40.2 Å². The van der Waals surface area contributed by atoms with Crippen molar-refractivity contribution in [3.63, 3.8) is 0 Å². The first-order chi connectivity index (χ1) is 15.0. The summed E-state index contributed by atoms with van der Waals surface area (Å²) in [5.41, 5.74) is 11.4. The lowest BCUT2D eigenvalue weighted by atomic mass is 10.1. The number of nitrogens with zero attached hydrogens (tertiary/aromatic N) is 1. The number of amides is 1. The molecule has 0 aliphatic rings. The van der Waals surface area contributed by atoms with Crippen LogP contribution in [0.1, 0.15) is 15.9 Å². The van der Waals surface area contributed by atoms with E-state index in [-0.39, 0.29) is 5.91 Å². The van der Waals surface area contributed by atoms with Gasteiger partial charge in [-0.25, -0.2) is 0 Å². The monoisotopic (exact) mass is 450 g/mol. The van der Waals surface area contributed by atoms with E-state index < -0.39 is 0 Å². The number of nitrogen functional groups attached to an aromatic ring is 1. The van der Waals surface area contributed by atoms with Gasteiger partial charge in [0.15, 0.2) is 0 Å². The largest absolute Gasteiger partial charge is 0.399 e. The number of nitrogens with two attached hydrogens (primary N) is 1. The second kappa shape index (κ2) is 9.25. The Morgan fingerprint density at radius 2 is 1.71 bits per heavy atom. The van der Waals surface area contributed by atoms with E-state index in [1.54, 1.807) is 24.3 Å². The molecule has 0 aliphatic carbocycles. The van der Waals surface area contributed by atoms with Crippen LogP contribution in [0.25, 0.3) is 22.5 Å². The van der Waals surface area contributed by atoms with Gasteiger partial charge in [-0.2, -0.15) is 5.10 Å². The molecule has 0 saturated carbocycles. The van der Waals surface area contributed by atoms with Crippen LogP contribution < -0.4 is 11.1 Å². The fraction of sp³-hybridized carbons (Fsp3) is 0.0833. The van der Waals surface area contributed by atoms with E-state index in [1.165, 1.54) is 0 Å². The molecule has 31 heavy (non-hydrogen) atoms. The highest BCUT2D eigenvalue weighted by Crippen LogP contribution is 2.31. The van der Waals surface area contributed by atoms with Crippen molar-refractivity contribution in [3.8, 4) is 22.5 Å². The molecule has 4 aromatic rings. The minimum atomic E-state index is -0.113. The number of rotatable bonds is 6. The maximum Gasteiger partial charge on any atom is 0.251 e. The number of H-pyrrole nitrogens is 1. The number of anilines is 1. The summed E-state index contributed by atoms with van der Waals surface area (Å²) >= 11 is 12.2. The van der Waals surface area contributed by atoms with Gasteiger partial charge in [-0.05, 0) is 60.5 Å². The zero-order valence-electron chi connectivity index (χ0n) is 16.5. The van der Waals surface area contributed by atoms with E-state index in [0.29, 0.717) is 22.2 Å². The normalized spacial score (nSPS) is 10.8. The van der Waals surface area contributed by atoms with Crippen LogP contribution in [0.15, 0.2) is 72.8 Å². The molecule has 0 radical (unpaired) electrons. The molecular weight excluding hydrogens is 431 g/mol. The number of hydrogen-bond donors (Lipinski definition) is 3. The topological polar surface area (TPSA) is 83.8 Å². The molecule has 1 amide bonds. The summed E-state index contributed by atoms with van der Waals surface area (Å²) in [5, 5.41) is 11.4. The first kappa shape index (κ1) is 21.0. The molecule has 1 aromatic heterocycles. The van der Waals surface area contributed by atoms with Crippen molar-refractivity contribution in [1.29, 1.82) is 0 Å². The van der Waals surface area contributed by atoms with E-state index in [4.69, 9.17) is 28.9 Å². The Hall–Kier alpha value is -3.28. The zero-order valence-corrected chi connectivity index (χ0v) is 18.0. The zero-order chi connectivity index (χ0) is 21.8. The maximum absolute atomic E-state index is 12.4. The molecule has 0 saturated heterocycles. The van der Waals surface area contributed by atoms with Crippen molar-refractivity contribution in [2.75, 3.05) is 12.3 Å². The predicted molar refractivity (Wildman–Crippen MR) is 126 cm³/mol. The Morgan fingerprint density at radius 1 is 0.968 bits per heavy atom. The maximum atomic E-state index is 12.4. The Morgan fingerprint density at radius 3 is 2.42 bits per heavy atom. The number of carbonyl (C=O) groups excluding carboxylic acids is 1. The summed E-state index contributed by atoms with van der Waals surface area (Å²) in [6.45, 7) is 0.551. The lowest BCUT2D eigenvalue weighted by Crippen LogP contribution is -2.25. The minimum Gasteiger partial charge on any atom is -0.399 e. The van der Waals surface area contributed by atoms with Gasteiger partial charge in [0, 0.05) is 33.9 Å². The van der Waals surface area contributed by atoms with Gasteiger partial charge in [-0.3, -0.25) is 9.89 Å². The quantitative estimate of drug-likeness (QED) is 0.334. The summed E-state index contributed by atoms with van der Waals surface area (Å²) in [4.78, 5) is 12.4. The van der Waals surface area contributed by atoms with Crippen molar-refractivity contribution >= 4 is 34.8 Å². The second-order valence-electron chi connectivity index (χ2n) is 7.12. The predicted octanol–water partition coefficient (Wildman–Crippen LogP) is 5.61. The fourth-order valence-electron chi connectivity index (χ4n) is 3.21. The Bertz CT molecular complexity index is 1200. The first-order valence-corrected chi connectivity index (χ1v) is 10.5. The SMILES string of the molecule is Nc1ccc(CCNC(=O)c2ccc(-c3cc(-c4ccc(Cl)cc4Cl)[nH]n3)cc2)cc1. The third-order valence-electron chi connectivity index (χ3n) is 4.92. The van der Waals surface area contributed by atoms with Gasteiger partial charge in [-0.15, -0.1) is 0 Å². The summed E-state index contributed by atoms with van der Waals surface area (Å²) in [7, 11) is 0. The minimum absolute atomic E-state index is 0.113. The molecule has 7 heteroatoms. The van der Waals surface area contributed by atoms with Crippen LogP contribution in [0.3, 0.4) is 0 Å². The highest BCUT2D eigenvalue weighted by molar-refractivity contribution is 6.36. The van der Waals surface area contributed by atoms with Crippen molar-refractivity contribution < 1.29 is 4.79 Å². The third kappa shape index (κ3) is 5.08. The number of aromatic amines is 1. The summed E-state index contributed by atoms with van der Waals surface area (Å²) in [6.07, 6.45) is 0.743. The van der Waals surface area contributed by atoms with Gasteiger partial charge >= 0.3 is 0 Å². The molecule has 4 N–H and O–H groups in total. The number of carbonyl (C=O) groups is 1. The van der Waals surface area contributed by atoms with Crippen LogP contribution in [-0.2, 0) is 6.42 Å². The van der Waals surface area contributed by atoms with Gasteiger partial charge < -0.3 is 11.1 Å². The number of aromatic nitrogens is 2. The van der Waals surface area contributed by atoms with Gasteiger partial charge in [0.05, 0.1) is 16.4 Å². The molecule has 5 nitrogen and oxygen atoms in total. The van der Waals surface area contributed by atoms with Crippen molar-refractivity contribution in [3.05, 3.63) is 94.0 Å². The standard InChI is InChI=1S/C24H20Cl2N4O/c25-18-7-10-20(21(26)13-18)23-14-22(29-30-23)16-3-5-17(6-4-16)24(31)28-12-11-15-1-8-19(27)9-2-15/h1-10,13-14H,11-12,27H2,(H,28,31)(H,29,30). The molecule has 0 spiro atoms. The van der Waals surface area contributed by atoms with Gasteiger partial charge in [0.1, 0.15) is 0 Å². The highest BCUT2D eigenvalue weighted by Gasteiger charge is 2.11. The summed E-state index contributed by atoms with van der Waals surface area (Å²) < 4.78 is 0. The van der Waals surface area contributed by atoms with Crippen LogP contribution in [0.5, 0.6) is 0 Å². The van der Waals surface area contributed by atoms with Crippen molar-refractivity contribution in [2.45, 2.75) is 6.42 Å². The molecular formula is C24H20Cl2N4O. The molecule has 0 fully saturated rings. The van der Waals surface area contributed by atoms with Gasteiger partial charge in [0.2, 0.25) is 0 Å². The molecule has 156 valence electrons. The van der Waals surface area contributed by atoms with Crippen LogP contribution in [0.2, 0.25) is 10.0 Å². The molecule has 1 heterocycles. The van der Waals surface area contributed by atoms with Gasteiger partial charge in [-0.1, -0.05) is 47.5 Å². The molecule has 4 rings (SSSR count). The second-order valence-corrected chi connectivity index (χ2v) is 7.96. The number of halogens is 2. The van der Waals surface area contributed by atoms with Crippen LogP contribution in [0, 0.1) is 0 Å². The van der Waals surface area contributed by atoms with E-state index in [9.17, 15) is 4.79 Å². The lowest BCUT2D eigenvalue weighted by molar-refractivity contribution is 0.0954. The average molecular weight is 451 g/mol. The fourth-order valence-corrected chi connectivity index (χ4v) is 3.72. The van der Waals surface area contributed by atoms with Gasteiger partial charge in [0.25, 0.3) is 5.91 Å². The van der Waals surface area contributed by atoms with Crippen LogP contribution >= 0.6 is 23.2 Å². The highest BCUT2D eigenvalue weighted by atomic mass is 35.5. The summed E-state index contributed by atoms with van der Waals surface area (Å²) in [5.74, 6) is -0.113. The molecule has 0 atom stereocenters. The smallest absolute Gasteiger partial charge is 0.251 e. The van der Waals surface area contributed by atoms with E-state index in [1.807, 2.05) is 48.5 Å².